The van der Waals surface area contributed by atoms with Gasteiger partial charge in [0.2, 0.25) is 0 Å². The van der Waals surface area contributed by atoms with Crippen LogP contribution in [0.15, 0.2) is 60.8 Å². The molecular weight excluding hydrogens is 360 g/mol. The third-order valence-corrected chi connectivity index (χ3v) is 5.52. The van der Waals surface area contributed by atoms with Crippen LogP contribution in [0.5, 0.6) is 0 Å². The summed E-state index contributed by atoms with van der Waals surface area (Å²) in [5.41, 5.74) is 5.01. The van der Waals surface area contributed by atoms with E-state index in [0.29, 0.717) is 0 Å². The quantitative estimate of drug-likeness (QED) is 0.332. The summed E-state index contributed by atoms with van der Waals surface area (Å²) in [6.45, 7) is 2.94. The van der Waals surface area contributed by atoms with Gasteiger partial charge in [-0.3, -0.25) is 0 Å². The number of para-hydroxylation sites is 1. The number of methoxy groups -OCH3 is 1. The highest BCUT2D eigenvalue weighted by molar-refractivity contribution is 5.87. The number of rotatable bonds is 9. The Morgan fingerprint density at radius 1 is 1.17 bits per heavy atom. The molecule has 0 saturated heterocycles. The molecule has 1 aliphatic rings. The molecule has 1 fully saturated rings. The molecule has 0 amide bonds. The van der Waals surface area contributed by atoms with Crippen molar-refractivity contribution in [3.05, 3.63) is 77.5 Å². The van der Waals surface area contributed by atoms with Gasteiger partial charge in [0.25, 0.3) is 0 Å². The maximum absolute atomic E-state index is 11.2. The maximum atomic E-state index is 11.2. The Hall–Kier alpha value is -2.85. The number of fused-ring (bicyclic) bond motifs is 1. The zero-order valence-electron chi connectivity index (χ0n) is 16.9. The van der Waals surface area contributed by atoms with E-state index in [1.165, 1.54) is 48.1 Å². The summed E-state index contributed by atoms with van der Waals surface area (Å²) in [5.74, 6) is 0.538. The number of hydrogen-bond acceptors (Lipinski definition) is 3. The lowest BCUT2D eigenvalue weighted by molar-refractivity contribution is -0.134. The summed E-state index contributed by atoms with van der Waals surface area (Å²) >= 11 is 0. The third-order valence-electron chi connectivity index (χ3n) is 5.52. The maximum Gasteiger partial charge on any atom is 0.330 e. The van der Waals surface area contributed by atoms with Crippen molar-refractivity contribution < 1.29 is 9.53 Å². The molecule has 0 spiro atoms. The predicted molar refractivity (Wildman–Crippen MR) is 118 cm³/mol. The molecule has 1 heterocycles. The molecule has 4 nitrogen and oxygen atoms in total. The van der Waals surface area contributed by atoms with Crippen molar-refractivity contribution in [1.82, 2.24) is 9.88 Å². The second-order valence-electron chi connectivity index (χ2n) is 7.79. The van der Waals surface area contributed by atoms with Gasteiger partial charge in [-0.25, -0.2) is 4.79 Å². The molecule has 0 aliphatic heterocycles. The highest BCUT2D eigenvalue weighted by Gasteiger charge is 2.22. The molecule has 3 aromatic rings. The SMILES string of the molecule is COC(=O)/C=C/c1ccc(CNCCc2cn(CC3CC3)c3ccccc23)cc1. The Labute approximate surface area is 172 Å². The van der Waals surface area contributed by atoms with Crippen molar-refractivity contribution in [3.63, 3.8) is 0 Å². The van der Waals surface area contributed by atoms with Gasteiger partial charge in [0.05, 0.1) is 7.11 Å². The van der Waals surface area contributed by atoms with E-state index in [4.69, 9.17) is 0 Å². The van der Waals surface area contributed by atoms with Crippen LogP contribution >= 0.6 is 0 Å². The molecule has 29 heavy (non-hydrogen) atoms. The molecule has 4 heteroatoms. The minimum Gasteiger partial charge on any atom is -0.466 e. The van der Waals surface area contributed by atoms with Crippen LogP contribution in [-0.2, 0) is 29.0 Å². The monoisotopic (exact) mass is 388 g/mol. The number of hydrogen-bond donors (Lipinski definition) is 1. The molecule has 1 N–H and O–H groups in total. The first-order valence-corrected chi connectivity index (χ1v) is 10.4. The fourth-order valence-electron chi connectivity index (χ4n) is 3.69. The van der Waals surface area contributed by atoms with E-state index < -0.39 is 0 Å². The van der Waals surface area contributed by atoms with Gasteiger partial charge in [-0.1, -0.05) is 42.5 Å². The van der Waals surface area contributed by atoms with E-state index in [9.17, 15) is 4.79 Å². The topological polar surface area (TPSA) is 43.3 Å². The lowest BCUT2D eigenvalue weighted by Gasteiger charge is -2.05. The van der Waals surface area contributed by atoms with E-state index in [1.54, 1.807) is 6.08 Å². The molecular formula is C25H28N2O2. The first-order chi connectivity index (χ1) is 14.2. The molecule has 4 rings (SSSR count). The summed E-state index contributed by atoms with van der Waals surface area (Å²) in [6.07, 6.45) is 9.33. The molecule has 2 aromatic carbocycles. The van der Waals surface area contributed by atoms with Crippen LogP contribution in [-0.4, -0.2) is 24.2 Å². The van der Waals surface area contributed by atoms with Crippen LogP contribution in [0.25, 0.3) is 17.0 Å². The zero-order chi connectivity index (χ0) is 20.1. The van der Waals surface area contributed by atoms with Crippen LogP contribution in [0.4, 0.5) is 0 Å². The van der Waals surface area contributed by atoms with E-state index in [0.717, 1.165) is 37.5 Å². The Kier molecular flexibility index (Phi) is 6.11. The van der Waals surface area contributed by atoms with Crippen molar-refractivity contribution in [2.45, 2.75) is 32.4 Å². The van der Waals surface area contributed by atoms with Crippen molar-refractivity contribution in [1.29, 1.82) is 0 Å². The molecule has 1 aromatic heterocycles. The summed E-state index contributed by atoms with van der Waals surface area (Å²) in [7, 11) is 1.38. The first kappa shape index (κ1) is 19.5. The van der Waals surface area contributed by atoms with E-state index >= 15 is 0 Å². The Morgan fingerprint density at radius 3 is 2.72 bits per heavy atom. The summed E-state index contributed by atoms with van der Waals surface area (Å²) < 4.78 is 7.06. The van der Waals surface area contributed by atoms with Gasteiger partial charge in [0.1, 0.15) is 0 Å². The molecule has 0 radical (unpaired) electrons. The van der Waals surface area contributed by atoms with Crippen LogP contribution in [0.1, 0.15) is 29.5 Å². The average molecular weight is 389 g/mol. The molecule has 0 bridgehead atoms. The number of aromatic nitrogens is 1. The smallest absolute Gasteiger partial charge is 0.330 e. The number of benzene rings is 2. The highest BCUT2D eigenvalue weighted by atomic mass is 16.5. The molecule has 1 aliphatic carbocycles. The lowest BCUT2D eigenvalue weighted by atomic mass is 10.1. The normalized spacial score (nSPS) is 14.0. The zero-order valence-corrected chi connectivity index (χ0v) is 16.9. The van der Waals surface area contributed by atoms with E-state index in [1.807, 2.05) is 12.1 Å². The van der Waals surface area contributed by atoms with Crippen LogP contribution in [0.3, 0.4) is 0 Å². The second kappa shape index (κ2) is 9.10. The first-order valence-electron chi connectivity index (χ1n) is 10.4. The minimum absolute atomic E-state index is 0.339. The molecule has 1 saturated carbocycles. The lowest BCUT2D eigenvalue weighted by Crippen LogP contribution is -2.16. The average Bonchev–Trinajstić information content (AvgIpc) is 3.51. The largest absolute Gasteiger partial charge is 0.466 e. The highest BCUT2D eigenvalue weighted by Crippen LogP contribution is 2.33. The van der Waals surface area contributed by atoms with E-state index in [-0.39, 0.29) is 5.97 Å². The van der Waals surface area contributed by atoms with Crippen LogP contribution < -0.4 is 5.32 Å². The fraction of sp³-hybridized carbons (Fsp3) is 0.320. The second-order valence-corrected chi connectivity index (χ2v) is 7.79. The van der Waals surface area contributed by atoms with Gasteiger partial charge < -0.3 is 14.6 Å². The Balaban J connectivity index is 1.30. The Morgan fingerprint density at radius 2 is 1.97 bits per heavy atom. The number of nitrogens with one attached hydrogen (secondary N) is 1. The van der Waals surface area contributed by atoms with Gasteiger partial charge in [-0.2, -0.15) is 0 Å². The van der Waals surface area contributed by atoms with Crippen molar-refractivity contribution in [2.75, 3.05) is 13.7 Å². The third kappa shape index (κ3) is 5.15. The van der Waals surface area contributed by atoms with Gasteiger partial charge in [-0.05, 0) is 60.6 Å². The Bertz CT molecular complexity index is 997. The van der Waals surface area contributed by atoms with Crippen LogP contribution in [0, 0.1) is 5.92 Å². The van der Waals surface area contributed by atoms with Gasteiger partial charge in [0.15, 0.2) is 0 Å². The molecule has 0 unspecified atom stereocenters. The number of carbonyl (C=O) groups is 1. The fourth-order valence-corrected chi connectivity index (χ4v) is 3.69. The van der Waals surface area contributed by atoms with Crippen molar-refractivity contribution in [2.24, 2.45) is 5.92 Å². The standard InChI is InChI=1S/C25H28N2O2/c1-29-25(28)13-12-19-6-8-20(9-7-19)16-26-15-14-22-18-27(17-21-10-11-21)24-5-3-2-4-23(22)24/h2-9,12-13,18,21,26H,10-11,14-17H2,1H3/b13-12+. The minimum atomic E-state index is -0.339. The predicted octanol–water partition coefficient (Wildman–Crippen LogP) is 4.57. The van der Waals surface area contributed by atoms with E-state index in [2.05, 4.69) is 57.2 Å². The summed E-state index contributed by atoms with van der Waals surface area (Å²) in [6, 6.07) is 17.0. The number of nitrogens with zero attached hydrogens (tertiary/aromatic N) is 1. The number of esters is 1. The van der Waals surface area contributed by atoms with Gasteiger partial charge >= 0.3 is 5.97 Å². The summed E-state index contributed by atoms with van der Waals surface area (Å²) in [5, 5.41) is 4.94. The number of ether oxygens (including phenoxy) is 1. The van der Waals surface area contributed by atoms with Gasteiger partial charge in [0, 0.05) is 36.3 Å². The van der Waals surface area contributed by atoms with Gasteiger partial charge in [-0.15, -0.1) is 0 Å². The number of carbonyl (C=O) groups excluding carboxylic acids is 1. The van der Waals surface area contributed by atoms with Crippen LogP contribution in [0.2, 0.25) is 0 Å². The molecule has 150 valence electrons. The molecule has 0 atom stereocenters. The van der Waals surface area contributed by atoms with Crippen molar-refractivity contribution >= 4 is 22.9 Å². The van der Waals surface area contributed by atoms with Crippen molar-refractivity contribution in [3.8, 4) is 0 Å². The summed E-state index contributed by atoms with van der Waals surface area (Å²) in [4.78, 5) is 11.2.